The van der Waals surface area contributed by atoms with Gasteiger partial charge in [0.25, 0.3) is 0 Å². The van der Waals surface area contributed by atoms with Gasteiger partial charge in [-0.2, -0.15) is 0 Å². The summed E-state index contributed by atoms with van der Waals surface area (Å²) in [5, 5.41) is 8.89. The van der Waals surface area contributed by atoms with Gasteiger partial charge in [-0.25, -0.2) is 0 Å². The third-order valence-corrected chi connectivity index (χ3v) is 10.2. The lowest BCUT2D eigenvalue weighted by Crippen LogP contribution is -2.16. The highest BCUT2D eigenvalue weighted by atomic mass is 16.5. The van der Waals surface area contributed by atoms with E-state index in [2.05, 4.69) is 5.32 Å². The molecule has 0 aliphatic carbocycles. The molecule has 0 spiro atoms. The molecule has 0 bridgehead atoms. The van der Waals surface area contributed by atoms with Crippen molar-refractivity contribution in [1.82, 2.24) is 26.6 Å². The van der Waals surface area contributed by atoms with Gasteiger partial charge in [0.15, 0.2) is 0 Å². The molecule has 0 saturated carbocycles. The molecule has 10 aromatic rings. The highest BCUT2D eigenvalue weighted by molar-refractivity contribution is 5.37. The van der Waals surface area contributed by atoms with E-state index in [1.165, 1.54) is 5.32 Å². The van der Waals surface area contributed by atoms with Crippen LogP contribution >= 0.6 is 0 Å². The number of benzene rings is 10. The van der Waals surface area contributed by atoms with E-state index in [4.69, 9.17) is 143 Å². The summed E-state index contributed by atoms with van der Waals surface area (Å²) in [5.41, 5.74) is -9.72. The maximum atomic E-state index is 8.92. The minimum Gasteiger partial charge on any atom is -0.485 e. The quantitative estimate of drug-likeness (QED) is 0.0299. The normalized spacial score (nSPS) is 28.0. The number of nitrogens with one attached hydrogen (secondary N) is 5. The van der Waals surface area contributed by atoms with Crippen molar-refractivity contribution in [2.45, 2.75) is 96.7 Å². The second-order valence-corrected chi connectivity index (χ2v) is 16.4. The minimum absolute atomic E-state index is 0.531. The molecule has 10 aromatic carbocycles. The molecule has 5 atom stereocenters. The Hall–Kier alpha value is -9.00. The van der Waals surface area contributed by atoms with Crippen LogP contribution in [0, 0.1) is 34.3 Å². The molecule has 0 amide bonds. The summed E-state index contributed by atoms with van der Waals surface area (Å²) in [6.45, 7) is -40.2. The monoisotopic (exact) mass is 1360 g/mol. The fraction of sp³-hybridized carbons (Fsp3) is 0.294. The van der Waals surface area contributed by atoms with E-state index in [0.717, 1.165) is 0 Å². The number of ether oxygens (including phenoxy) is 5. The number of hydrogen-bond acceptors (Lipinski definition) is 10. The smallest absolute Gasteiger partial charge is 0.125 e. The molecule has 10 nitrogen and oxygen atoms in total. The van der Waals surface area contributed by atoms with Gasteiger partial charge in [-0.1, -0.05) is 242 Å². The van der Waals surface area contributed by atoms with Crippen molar-refractivity contribution >= 4 is 0 Å². The topological polar surface area (TPSA) is 106 Å². The van der Waals surface area contributed by atoms with Gasteiger partial charge in [-0.05, 0) is 188 Å². The second kappa shape index (κ2) is 44.6. The van der Waals surface area contributed by atoms with E-state index < -0.39 is 520 Å². The van der Waals surface area contributed by atoms with E-state index in [9.17, 15) is 0 Å². The molecule has 500 valence electrons. The lowest BCUT2D eigenvalue weighted by molar-refractivity contribution is 0.193. The van der Waals surface area contributed by atoms with Gasteiger partial charge < -0.3 is 50.3 Å². The van der Waals surface area contributed by atoms with E-state index in [-0.39, 0.29) is 0 Å². The average Bonchev–Trinajstić information content (AvgIpc) is 0.724. The summed E-state index contributed by atoms with van der Waals surface area (Å²) in [7, 11) is 0. The van der Waals surface area contributed by atoms with Crippen molar-refractivity contribution in [2.24, 2.45) is 0 Å². The minimum atomic E-state index is -3.68. The molecular weight excluding hydrogens is 1170 g/mol. The van der Waals surface area contributed by atoms with Crippen molar-refractivity contribution in [3.05, 3.63) is 328 Å². The number of hydrogen-bond donors (Lipinski definition) is 5. The molecule has 95 heavy (non-hydrogen) atoms. The third-order valence-electron chi connectivity index (χ3n) is 10.2. The van der Waals surface area contributed by atoms with Crippen LogP contribution in [0.4, 0.5) is 0 Å². The van der Waals surface area contributed by atoms with Crippen LogP contribution in [0.2, 0.25) is 0 Å². The van der Waals surface area contributed by atoms with Gasteiger partial charge in [-0.3, -0.25) is 0 Å². The van der Waals surface area contributed by atoms with Crippen LogP contribution < -0.4 is 50.3 Å². The lowest BCUT2D eigenvalue weighted by atomic mass is 10.1. The Morgan fingerprint density at radius 2 is 0.579 bits per heavy atom. The highest BCUT2D eigenvalue weighted by Gasteiger charge is 2.18. The first kappa shape index (κ1) is 19.6. The fourth-order valence-corrected chi connectivity index (χ4v) is 6.14. The zero-order valence-electron chi connectivity index (χ0n) is 135. The summed E-state index contributed by atoms with van der Waals surface area (Å²) >= 11 is 0. The summed E-state index contributed by atoms with van der Waals surface area (Å²) in [6.07, 6.45) is -25.0. The number of rotatable bonds is 30. The van der Waals surface area contributed by atoms with Crippen LogP contribution in [0.15, 0.2) is 272 Å². The SMILES string of the molecule is [2H]c1c([2H])c([2H])c(C(CC([2H])([2H])NC([2H])([2H])[2H])Oc2c([2H])c([2H])c([2H])c([2H])c2C([2H])([2H])[2H])c([2H])c1[2H].[2H]c1c([2H])c([2H])c(C(Oc2c([2H])c([2H])c([2H])c([2H])c2C([2H])([2H])[2H])C([2H])([2H])C([2H])([2H])NC([2H])([2H])[2H])c([2H])c1[2H].[2H]c1c([2H])c([2H])c(C(Oc2c([2H])c([2H])c([2H])c([2H])c2C([2H])([2H])[2H])C([2H])([2H])CNC([2H])([2H])[2H])c([2H])c1[2H].[2H]c1c([2H])c([2H])c(C([2H])(CCNC([2H])([2H])[2H])Oc2c([2H])c([2H])c([2H])c([2H])c2C([2H])([2H])[2H])c([2H])c1[2H].[2H]c1c([2H])c([2H])c(C([2H])(Oc2c([2H])c([2H])c([2H])c([2H])c2C([2H])([2H])[2H])C([2H])([2H])CNC([2H])([2H])[2H])c([2H])c1[2H]. The van der Waals surface area contributed by atoms with Crippen molar-refractivity contribution < 1.29 is 143 Å². The maximum absolute atomic E-state index is 8.92. The van der Waals surface area contributed by atoms with E-state index in [0.29, 0.717) is 0 Å². The van der Waals surface area contributed by atoms with Crippen molar-refractivity contribution in [1.29, 1.82) is 0 Å². The Labute approximate surface area is 692 Å². The van der Waals surface area contributed by atoms with Gasteiger partial charge in [-0.15, -0.1) is 0 Å². The largest absolute Gasteiger partial charge is 0.485 e. The van der Waals surface area contributed by atoms with Crippen molar-refractivity contribution in [2.75, 3.05) is 67.5 Å². The predicted octanol–water partition coefficient (Wildman–Crippen LogP) is 18.6. The van der Waals surface area contributed by atoms with Gasteiger partial charge in [0, 0.05) is 86.8 Å². The molecule has 0 saturated heterocycles. The van der Waals surface area contributed by atoms with Crippen LogP contribution in [-0.2, 0) is 0 Å². The molecular formula is C85H105N5O5. The summed E-state index contributed by atoms with van der Waals surface area (Å²) in [5.74, 6) is -5.41. The molecule has 0 aromatic heterocycles. The fourth-order valence-electron chi connectivity index (χ4n) is 6.14. The Morgan fingerprint density at radius 1 is 0.284 bits per heavy atom. The molecule has 10 heteroatoms. The molecule has 5 unspecified atom stereocenters. The molecule has 5 N–H and O–H groups in total. The Bertz CT molecular complexity index is 7960. The molecule has 0 aliphatic heterocycles. The molecule has 0 radical (unpaired) electrons. The molecule has 0 aliphatic rings. The summed E-state index contributed by atoms with van der Waals surface area (Å²) in [4.78, 5) is 0. The maximum Gasteiger partial charge on any atom is 0.125 e. The zero-order chi connectivity index (χ0) is 142. The standard InChI is InChI=1S/5C17H21NO/c5*1-14-8-6-7-11-16(14)19-17(12-13-18-2)15-9-4-3-5-10-15/h5*3-11,17-18H,12-13H2,1-2H3/i1D3,2D3,3D,4D,5D,6D,7D,8D,9D,10D,11D,12D2,17D;1D3,2D3,3D,4D,5D,6D,7D,8D,9D,10D,11D,12D2,13D2;1D3,2D3,3D,4D,5D,6D,7D,8D,9D,10D,11D,17D;1D3,2D3,3D,4D,5D,6D,7D,8D,9D,10D,11D,13D2;1D3,2D3,3D,4D,5D,6D,7D,8D,9D,10D,11D,12D2. The van der Waals surface area contributed by atoms with Crippen LogP contribution in [0.1, 0.15) is 237 Å². The Kier molecular flexibility index (Phi) is 9.20. The first-order valence-corrected chi connectivity index (χ1v) is 26.0. The predicted molar refractivity (Wildman–Crippen MR) is 398 cm³/mol. The van der Waals surface area contributed by atoms with Crippen LogP contribution in [0.5, 0.6) is 28.7 Å². The average molecular weight is 1360 g/mol. The Morgan fingerprint density at radius 3 is 0.979 bits per heavy atom. The summed E-state index contributed by atoms with van der Waals surface area (Å²) in [6, 6.07) is -43.0. The number of para-hydroxylation sites is 5. The first-order chi connectivity index (χ1) is 81.3. The summed E-state index contributed by atoms with van der Waals surface area (Å²) < 4.78 is 712. The Balaban J connectivity index is 0.000000343. The van der Waals surface area contributed by atoms with E-state index in [1.807, 2.05) is 5.32 Å². The van der Waals surface area contributed by atoms with Gasteiger partial charge in [0.05, 0.1) is 64.4 Å². The van der Waals surface area contributed by atoms with Crippen LogP contribution in [-0.4, -0.2) is 67.5 Å². The molecule has 10 rings (SSSR count). The van der Waals surface area contributed by atoms with Crippen molar-refractivity contribution in [3.63, 3.8) is 0 Å². The van der Waals surface area contributed by atoms with Crippen LogP contribution in [0.25, 0.3) is 0 Å². The third kappa shape index (κ3) is 27.5. The van der Waals surface area contributed by atoms with Gasteiger partial charge in [0.1, 0.15) is 59.2 Å². The van der Waals surface area contributed by atoms with Crippen molar-refractivity contribution in [3.8, 4) is 28.7 Å². The zero-order valence-corrected chi connectivity index (χ0v) is 48.3. The molecule has 0 fully saturated rings. The van der Waals surface area contributed by atoms with Crippen LogP contribution in [0.3, 0.4) is 0 Å². The van der Waals surface area contributed by atoms with E-state index >= 15 is 0 Å². The highest BCUT2D eigenvalue weighted by Crippen LogP contribution is 2.32. The van der Waals surface area contributed by atoms with E-state index in [1.54, 1.807) is 10.6 Å². The van der Waals surface area contributed by atoms with Gasteiger partial charge >= 0.3 is 0 Å². The molecule has 0 heterocycles. The first-order valence-electron chi connectivity index (χ1n) is 69.5. The second-order valence-electron chi connectivity index (χ2n) is 16.4. The van der Waals surface area contributed by atoms with Gasteiger partial charge in [0.2, 0.25) is 0 Å². The lowest BCUT2D eigenvalue weighted by Gasteiger charge is -2.20.